The lowest BCUT2D eigenvalue weighted by molar-refractivity contribution is 0.102. The Labute approximate surface area is 119 Å². The molecule has 1 amide bonds. The van der Waals surface area contributed by atoms with Crippen LogP contribution >= 0.6 is 11.3 Å². The molecule has 0 aliphatic heterocycles. The fourth-order valence-electron chi connectivity index (χ4n) is 1.90. The number of hydrogen-bond acceptors (Lipinski definition) is 5. The SMILES string of the molecule is COc1nc(C)n2ccc(C(=O)Nc3cccs3)c2n1. The fourth-order valence-corrected chi connectivity index (χ4v) is 2.52. The van der Waals surface area contributed by atoms with Crippen LogP contribution in [0.15, 0.2) is 29.8 Å². The Morgan fingerprint density at radius 1 is 1.40 bits per heavy atom. The van der Waals surface area contributed by atoms with E-state index in [1.807, 2.05) is 24.4 Å². The second-order valence-electron chi connectivity index (χ2n) is 4.11. The van der Waals surface area contributed by atoms with Gasteiger partial charge in [-0.15, -0.1) is 11.3 Å². The number of thiophene rings is 1. The number of hydrogen-bond donors (Lipinski definition) is 1. The molecule has 0 atom stereocenters. The number of carbonyl (C=O) groups excluding carboxylic acids is 1. The lowest BCUT2D eigenvalue weighted by Gasteiger charge is -2.05. The van der Waals surface area contributed by atoms with E-state index in [4.69, 9.17) is 4.74 Å². The molecule has 0 unspecified atom stereocenters. The summed E-state index contributed by atoms with van der Waals surface area (Å²) in [6, 6.07) is 5.70. The molecule has 102 valence electrons. The number of nitrogens with zero attached hydrogens (tertiary/aromatic N) is 3. The Hall–Kier alpha value is -2.41. The third-order valence-electron chi connectivity index (χ3n) is 2.85. The minimum Gasteiger partial charge on any atom is -0.467 e. The second-order valence-corrected chi connectivity index (χ2v) is 5.06. The van der Waals surface area contributed by atoms with E-state index in [-0.39, 0.29) is 11.9 Å². The van der Waals surface area contributed by atoms with Crippen molar-refractivity contribution in [1.29, 1.82) is 0 Å². The fraction of sp³-hybridized carbons (Fsp3) is 0.154. The molecule has 0 bridgehead atoms. The van der Waals surface area contributed by atoms with E-state index in [2.05, 4.69) is 15.3 Å². The largest absolute Gasteiger partial charge is 0.467 e. The zero-order chi connectivity index (χ0) is 14.1. The Morgan fingerprint density at radius 2 is 2.25 bits per heavy atom. The zero-order valence-electron chi connectivity index (χ0n) is 11.0. The van der Waals surface area contributed by atoms with Gasteiger partial charge in [0.15, 0.2) is 5.65 Å². The van der Waals surface area contributed by atoms with E-state index in [1.165, 1.54) is 18.4 Å². The minimum atomic E-state index is -0.199. The van der Waals surface area contributed by atoms with Gasteiger partial charge in [0.2, 0.25) is 0 Å². The summed E-state index contributed by atoms with van der Waals surface area (Å²) in [7, 11) is 1.50. The minimum absolute atomic E-state index is 0.199. The first-order valence-corrected chi connectivity index (χ1v) is 6.81. The first-order chi connectivity index (χ1) is 9.69. The number of nitrogens with one attached hydrogen (secondary N) is 1. The van der Waals surface area contributed by atoms with Crippen LogP contribution in [0.2, 0.25) is 0 Å². The van der Waals surface area contributed by atoms with Crippen molar-refractivity contribution in [2.24, 2.45) is 0 Å². The molecule has 0 fully saturated rings. The molecule has 0 saturated carbocycles. The number of anilines is 1. The van der Waals surface area contributed by atoms with Crippen molar-refractivity contribution in [3.05, 3.63) is 41.2 Å². The van der Waals surface area contributed by atoms with Gasteiger partial charge in [-0.2, -0.15) is 9.97 Å². The highest BCUT2D eigenvalue weighted by Crippen LogP contribution is 2.19. The maximum Gasteiger partial charge on any atom is 0.319 e. The lowest BCUT2D eigenvalue weighted by atomic mass is 10.3. The first kappa shape index (κ1) is 12.6. The number of aryl methyl sites for hydroxylation is 1. The van der Waals surface area contributed by atoms with Crippen molar-refractivity contribution in [2.75, 3.05) is 12.4 Å². The molecule has 1 N–H and O–H groups in total. The summed E-state index contributed by atoms with van der Waals surface area (Å²) in [5.41, 5.74) is 1.02. The van der Waals surface area contributed by atoms with Gasteiger partial charge in [0.1, 0.15) is 5.82 Å². The summed E-state index contributed by atoms with van der Waals surface area (Å²) < 4.78 is 6.80. The smallest absolute Gasteiger partial charge is 0.319 e. The van der Waals surface area contributed by atoms with E-state index in [9.17, 15) is 4.79 Å². The van der Waals surface area contributed by atoms with Gasteiger partial charge in [-0.05, 0) is 30.5 Å². The molecule has 6 nitrogen and oxygen atoms in total. The van der Waals surface area contributed by atoms with Gasteiger partial charge in [0, 0.05) is 6.20 Å². The maximum absolute atomic E-state index is 12.3. The summed E-state index contributed by atoms with van der Waals surface area (Å²) in [6.45, 7) is 1.83. The van der Waals surface area contributed by atoms with Crippen LogP contribution in [0.25, 0.3) is 5.65 Å². The van der Waals surface area contributed by atoms with Crippen LogP contribution in [-0.2, 0) is 0 Å². The van der Waals surface area contributed by atoms with Gasteiger partial charge in [0.05, 0.1) is 17.7 Å². The van der Waals surface area contributed by atoms with E-state index in [0.29, 0.717) is 17.0 Å². The summed E-state index contributed by atoms with van der Waals surface area (Å²) >= 11 is 1.47. The van der Waals surface area contributed by atoms with Crippen molar-refractivity contribution >= 4 is 27.9 Å². The molecule has 3 rings (SSSR count). The molecule has 7 heteroatoms. The number of rotatable bonds is 3. The molecule has 20 heavy (non-hydrogen) atoms. The van der Waals surface area contributed by atoms with Crippen molar-refractivity contribution in [1.82, 2.24) is 14.4 Å². The average molecular weight is 288 g/mol. The molecule has 3 heterocycles. The maximum atomic E-state index is 12.3. The Kier molecular flexibility index (Phi) is 3.11. The number of methoxy groups -OCH3 is 1. The van der Waals surface area contributed by atoms with Crippen LogP contribution in [0.1, 0.15) is 16.2 Å². The van der Waals surface area contributed by atoms with Crippen molar-refractivity contribution in [2.45, 2.75) is 6.92 Å². The van der Waals surface area contributed by atoms with Crippen LogP contribution in [0.4, 0.5) is 5.00 Å². The number of aromatic nitrogens is 3. The van der Waals surface area contributed by atoms with E-state index in [0.717, 1.165) is 5.00 Å². The Balaban J connectivity index is 2.03. The number of amides is 1. The van der Waals surface area contributed by atoms with Crippen LogP contribution < -0.4 is 10.1 Å². The highest BCUT2D eigenvalue weighted by atomic mass is 32.1. The van der Waals surface area contributed by atoms with Crippen molar-refractivity contribution < 1.29 is 9.53 Å². The highest BCUT2D eigenvalue weighted by Gasteiger charge is 2.16. The van der Waals surface area contributed by atoms with Gasteiger partial charge in [-0.1, -0.05) is 0 Å². The van der Waals surface area contributed by atoms with Gasteiger partial charge >= 0.3 is 6.01 Å². The molecule has 0 spiro atoms. The topological polar surface area (TPSA) is 68.5 Å². The molecular weight excluding hydrogens is 276 g/mol. The monoisotopic (exact) mass is 288 g/mol. The second kappa shape index (κ2) is 4.93. The van der Waals surface area contributed by atoms with Gasteiger partial charge in [0.25, 0.3) is 5.91 Å². The van der Waals surface area contributed by atoms with Crippen LogP contribution in [0, 0.1) is 6.92 Å². The quantitative estimate of drug-likeness (QED) is 0.803. The third-order valence-corrected chi connectivity index (χ3v) is 3.64. The molecule has 0 aromatic carbocycles. The average Bonchev–Trinajstić information content (AvgIpc) is 3.07. The van der Waals surface area contributed by atoms with Crippen molar-refractivity contribution in [3.63, 3.8) is 0 Å². The zero-order valence-corrected chi connectivity index (χ0v) is 11.8. The Morgan fingerprint density at radius 3 is 2.95 bits per heavy atom. The van der Waals surface area contributed by atoms with Gasteiger partial charge in [-0.3, -0.25) is 9.20 Å². The van der Waals surface area contributed by atoms with Crippen LogP contribution in [0.3, 0.4) is 0 Å². The van der Waals surface area contributed by atoms with Crippen LogP contribution in [0.5, 0.6) is 6.01 Å². The Bertz CT molecular complexity index is 764. The van der Waals surface area contributed by atoms with Crippen LogP contribution in [-0.4, -0.2) is 27.4 Å². The third kappa shape index (κ3) is 2.12. The van der Waals surface area contributed by atoms with Gasteiger partial charge in [-0.25, -0.2) is 0 Å². The molecule has 3 aromatic heterocycles. The summed E-state index contributed by atoms with van der Waals surface area (Å²) in [5.74, 6) is 0.511. The summed E-state index contributed by atoms with van der Waals surface area (Å²) in [5, 5.41) is 5.54. The van der Waals surface area contributed by atoms with E-state index >= 15 is 0 Å². The summed E-state index contributed by atoms with van der Waals surface area (Å²) in [6.07, 6.45) is 1.77. The molecule has 3 aromatic rings. The highest BCUT2D eigenvalue weighted by molar-refractivity contribution is 7.14. The van der Waals surface area contributed by atoms with E-state index < -0.39 is 0 Å². The standard InChI is InChI=1S/C13H12N4O2S/c1-8-14-13(19-2)16-11-9(5-6-17(8)11)12(18)15-10-4-3-7-20-10/h3-7H,1-2H3,(H,15,18). The predicted molar refractivity (Wildman–Crippen MR) is 76.5 cm³/mol. The molecule has 0 aliphatic carbocycles. The lowest BCUT2D eigenvalue weighted by Crippen LogP contribution is -2.12. The molecule has 0 radical (unpaired) electrons. The number of carbonyl (C=O) groups is 1. The van der Waals surface area contributed by atoms with Crippen molar-refractivity contribution in [3.8, 4) is 6.01 Å². The normalized spacial score (nSPS) is 10.7. The molecular formula is C13H12N4O2S. The number of ether oxygens (including phenoxy) is 1. The molecule has 0 aliphatic rings. The molecule has 0 saturated heterocycles. The predicted octanol–water partition coefficient (Wildman–Crippen LogP) is 2.36. The van der Waals surface area contributed by atoms with E-state index in [1.54, 1.807) is 16.7 Å². The van der Waals surface area contributed by atoms with Gasteiger partial charge < -0.3 is 10.1 Å². The number of fused-ring (bicyclic) bond motifs is 1. The first-order valence-electron chi connectivity index (χ1n) is 5.93. The summed E-state index contributed by atoms with van der Waals surface area (Å²) in [4.78, 5) is 20.7.